The zero-order valence-electron chi connectivity index (χ0n) is 10.5. The van der Waals surface area contributed by atoms with Crippen LogP contribution in [0.1, 0.15) is 27.6 Å². The Bertz CT molecular complexity index is 624. The highest BCUT2D eigenvalue weighted by Gasteiger charge is 2.19. The first kappa shape index (κ1) is 14.3. The largest absolute Gasteiger partial charge is 0.207 e. The highest BCUT2D eigenvalue weighted by Crippen LogP contribution is 2.36. The summed E-state index contributed by atoms with van der Waals surface area (Å²) in [6, 6.07) is 7.64. The Hall–Kier alpha value is -1.12. The molecule has 0 aliphatic carbocycles. The molecular formula is C15H12Cl2F2. The van der Waals surface area contributed by atoms with Gasteiger partial charge in [-0.1, -0.05) is 23.7 Å². The van der Waals surface area contributed by atoms with Crippen LogP contribution in [-0.2, 0) is 0 Å². The second-order valence-corrected chi connectivity index (χ2v) is 5.35. The van der Waals surface area contributed by atoms with Crippen LogP contribution in [0, 0.1) is 25.5 Å². The summed E-state index contributed by atoms with van der Waals surface area (Å²) in [6.07, 6.45) is 0. The monoisotopic (exact) mass is 300 g/mol. The van der Waals surface area contributed by atoms with Gasteiger partial charge in [0.05, 0.1) is 5.38 Å². The van der Waals surface area contributed by atoms with E-state index in [1.165, 1.54) is 6.07 Å². The van der Waals surface area contributed by atoms with Crippen LogP contribution in [-0.4, -0.2) is 0 Å². The summed E-state index contributed by atoms with van der Waals surface area (Å²) in [7, 11) is 0. The molecule has 0 radical (unpaired) electrons. The Morgan fingerprint density at radius 3 is 2.26 bits per heavy atom. The molecule has 2 aromatic rings. The summed E-state index contributed by atoms with van der Waals surface area (Å²) in [6.45, 7) is 3.47. The average Bonchev–Trinajstić information content (AvgIpc) is 2.33. The van der Waals surface area contributed by atoms with E-state index in [9.17, 15) is 8.78 Å². The molecule has 19 heavy (non-hydrogen) atoms. The molecule has 0 saturated carbocycles. The van der Waals surface area contributed by atoms with Crippen molar-refractivity contribution in [3.8, 4) is 0 Å². The predicted molar refractivity (Wildman–Crippen MR) is 75.0 cm³/mol. The number of aryl methyl sites for hydroxylation is 2. The maximum Gasteiger partial charge on any atom is 0.131 e. The molecule has 2 aromatic carbocycles. The maximum absolute atomic E-state index is 13.8. The summed E-state index contributed by atoms with van der Waals surface area (Å²) >= 11 is 12.4. The lowest BCUT2D eigenvalue weighted by Crippen LogP contribution is -2.00. The molecule has 100 valence electrons. The third kappa shape index (κ3) is 2.90. The molecule has 0 spiro atoms. The van der Waals surface area contributed by atoms with Crippen LogP contribution in [0.25, 0.3) is 0 Å². The third-order valence-corrected chi connectivity index (χ3v) is 3.78. The van der Waals surface area contributed by atoms with Gasteiger partial charge in [-0.2, -0.15) is 0 Å². The van der Waals surface area contributed by atoms with Gasteiger partial charge < -0.3 is 0 Å². The fraction of sp³-hybridized carbons (Fsp3) is 0.200. The Kier molecular flexibility index (Phi) is 4.12. The van der Waals surface area contributed by atoms with Crippen molar-refractivity contribution < 1.29 is 8.78 Å². The first-order chi connectivity index (χ1) is 8.90. The molecular weight excluding hydrogens is 289 g/mol. The van der Waals surface area contributed by atoms with Gasteiger partial charge in [-0.15, -0.1) is 11.6 Å². The third-order valence-electron chi connectivity index (χ3n) is 2.98. The molecule has 0 bridgehead atoms. The van der Waals surface area contributed by atoms with Crippen molar-refractivity contribution in [2.45, 2.75) is 19.2 Å². The number of benzene rings is 2. The van der Waals surface area contributed by atoms with Crippen molar-refractivity contribution in [2.24, 2.45) is 0 Å². The lowest BCUT2D eigenvalue weighted by molar-refractivity contribution is 0.568. The van der Waals surface area contributed by atoms with E-state index in [0.29, 0.717) is 16.1 Å². The van der Waals surface area contributed by atoms with Crippen molar-refractivity contribution in [3.05, 3.63) is 69.2 Å². The molecule has 1 unspecified atom stereocenters. The number of hydrogen-bond acceptors (Lipinski definition) is 0. The molecule has 2 rings (SSSR count). The Labute approximate surface area is 121 Å². The first-order valence-electron chi connectivity index (χ1n) is 5.76. The lowest BCUT2D eigenvalue weighted by atomic mass is 10.0. The normalized spacial score (nSPS) is 12.5. The Morgan fingerprint density at radius 1 is 0.947 bits per heavy atom. The highest BCUT2D eigenvalue weighted by atomic mass is 35.5. The SMILES string of the molecule is Cc1ccc(C(Cl)c2cc(C)c(F)cc2F)c(Cl)c1. The van der Waals surface area contributed by atoms with Crippen LogP contribution in [0.5, 0.6) is 0 Å². The fourth-order valence-electron chi connectivity index (χ4n) is 1.88. The van der Waals surface area contributed by atoms with Crippen LogP contribution in [0.2, 0.25) is 5.02 Å². The quantitative estimate of drug-likeness (QED) is 0.637. The number of rotatable bonds is 2. The lowest BCUT2D eigenvalue weighted by Gasteiger charge is -2.14. The van der Waals surface area contributed by atoms with Gasteiger partial charge in [0.25, 0.3) is 0 Å². The van der Waals surface area contributed by atoms with Gasteiger partial charge in [0.15, 0.2) is 0 Å². The van der Waals surface area contributed by atoms with Crippen molar-refractivity contribution in [3.63, 3.8) is 0 Å². The molecule has 1 atom stereocenters. The summed E-state index contributed by atoms with van der Waals surface area (Å²) in [5, 5.41) is -0.270. The molecule has 0 aliphatic rings. The minimum absolute atomic E-state index is 0.228. The second kappa shape index (κ2) is 5.48. The maximum atomic E-state index is 13.8. The Morgan fingerprint density at radius 2 is 1.63 bits per heavy atom. The zero-order valence-corrected chi connectivity index (χ0v) is 12.0. The number of alkyl halides is 1. The Balaban J connectivity index is 2.49. The van der Waals surface area contributed by atoms with Gasteiger partial charge in [0.1, 0.15) is 11.6 Å². The standard InChI is InChI=1S/C15H12Cl2F2/c1-8-3-4-10(12(16)5-8)15(17)11-6-9(2)13(18)7-14(11)19/h3-7,15H,1-2H3. The van der Waals surface area contributed by atoms with Gasteiger partial charge in [-0.05, 0) is 42.7 Å². The molecule has 0 nitrogen and oxygen atoms in total. The van der Waals surface area contributed by atoms with Gasteiger partial charge in [0, 0.05) is 16.7 Å². The number of halogens is 4. The van der Waals surface area contributed by atoms with Crippen LogP contribution >= 0.6 is 23.2 Å². The topological polar surface area (TPSA) is 0 Å². The summed E-state index contributed by atoms with van der Waals surface area (Å²) in [5.41, 5.74) is 2.18. The predicted octanol–water partition coefficient (Wildman–Crippen LogP) is 5.56. The molecule has 0 fully saturated rings. The smallest absolute Gasteiger partial charge is 0.131 e. The number of hydrogen-bond donors (Lipinski definition) is 0. The summed E-state index contributed by atoms with van der Waals surface area (Å²) < 4.78 is 27.1. The molecule has 0 saturated heterocycles. The second-order valence-electron chi connectivity index (χ2n) is 4.51. The van der Waals surface area contributed by atoms with Gasteiger partial charge in [-0.25, -0.2) is 8.78 Å². The van der Waals surface area contributed by atoms with Gasteiger partial charge in [0.2, 0.25) is 0 Å². The molecule has 0 aliphatic heterocycles. The summed E-state index contributed by atoms with van der Waals surface area (Å²) in [5.74, 6) is -1.25. The van der Waals surface area contributed by atoms with Crippen LogP contribution < -0.4 is 0 Å². The van der Waals surface area contributed by atoms with E-state index in [1.54, 1.807) is 19.1 Å². The molecule has 4 heteroatoms. The van der Waals surface area contributed by atoms with E-state index in [1.807, 2.05) is 13.0 Å². The van der Waals surface area contributed by atoms with Crippen LogP contribution in [0.3, 0.4) is 0 Å². The molecule has 0 heterocycles. The highest BCUT2D eigenvalue weighted by molar-refractivity contribution is 6.33. The van der Waals surface area contributed by atoms with Crippen molar-refractivity contribution in [1.82, 2.24) is 0 Å². The van der Waals surface area contributed by atoms with E-state index in [0.717, 1.165) is 11.6 Å². The van der Waals surface area contributed by atoms with E-state index < -0.39 is 17.0 Å². The van der Waals surface area contributed by atoms with Crippen LogP contribution in [0.15, 0.2) is 30.3 Å². The van der Waals surface area contributed by atoms with Crippen molar-refractivity contribution in [1.29, 1.82) is 0 Å². The molecule has 0 N–H and O–H groups in total. The fourth-order valence-corrected chi connectivity index (χ4v) is 2.64. The van der Waals surface area contributed by atoms with Crippen LogP contribution in [0.4, 0.5) is 8.78 Å². The van der Waals surface area contributed by atoms with E-state index in [4.69, 9.17) is 23.2 Å². The van der Waals surface area contributed by atoms with Gasteiger partial charge in [-0.3, -0.25) is 0 Å². The van der Waals surface area contributed by atoms with E-state index in [-0.39, 0.29) is 5.56 Å². The van der Waals surface area contributed by atoms with Crippen molar-refractivity contribution in [2.75, 3.05) is 0 Å². The van der Waals surface area contributed by atoms with Gasteiger partial charge >= 0.3 is 0 Å². The van der Waals surface area contributed by atoms with E-state index in [2.05, 4.69) is 0 Å². The first-order valence-corrected chi connectivity index (χ1v) is 6.57. The summed E-state index contributed by atoms with van der Waals surface area (Å²) in [4.78, 5) is 0. The average molecular weight is 301 g/mol. The van der Waals surface area contributed by atoms with E-state index >= 15 is 0 Å². The molecule has 0 aromatic heterocycles. The minimum atomic E-state index is -0.743. The zero-order chi connectivity index (χ0) is 14.2. The minimum Gasteiger partial charge on any atom is -0.207 e. The molecule has 0 amide bonds. The van der Waals surface area contributed by atoms with Crippen molar-refractivity contribution >= 4 is 23.2 Å².